The molecule has 0 aliphatic carbocycles. The van der Waals surface area contributed by atoms with Crippen molar-refractivity contribution in [3.8, 4) is 5.69 Å². The average Bonchev–Trinajstić information content (AvgIpc) is 2.82. The lowest BCUT2D eigenvalue weighted by atomic mass is 10.0. The minimum absolute atomic E-state index is 0.0793. The van der Waals surface area contributed by atoms with Gasteiger partial charge in [-0.3, -0.25) is 0 Å². The summed E-state index contributed by atoms with van der Waals surface area (Å²) < 4.78 is 30.9. The van der Waals surface area contributed by atoms with Gasteiger partial charge in [-0.15, -0.1) is 0 Å². The number of hydrogen-bond acceptors (Lipinski definition) is 5. The molecule has 0 aliphatic heterocycles. The molecule has 0 aliphatic rings. The normalized spacial score (nSPS) is 11.5. The second-order valence-corrected chi connectivity index (χ2v) is 7.38. The van der Waals surface area contributed by atoms with Crippen molar-refractivity contribution in [3.63, 3.8) is 0 Å². The summed E-state index contributed by atoms with van der Waals surface area (Å²) >= 11 is 0. The fraction of sp³-hybridized carbons (Fsp3) is 0.375. The van der Waals surface area contributed by atoms with Gasteiger partial charge in [0, 0.05) is 12.5 Å². The van der Waals surface area contributed by atoms with Crippen LogP contribution in [0.4, 0.5) is 0 Å². The van der Waals surface area contributed by atoms with E-state index in [0.717, 1.165) is 17.5 Å². The summed E-state index contributed by atoms with van der Waals surface area (Å²) in [6, 6.07) is 3.11. The van der Waals surface area contributed by atoms with E-state index in [-0.39, 0.29) is 10.5 Å². The Morgan fingerprint density at radius 2 is 1.96 bits per heavy atom. The molecule has 124 valence electrons. The number of aryl methyl sites for hydroxylation is 3. The number of carbonyl (C=O) groups excluding carboxylic acids is 1. The van der Waals surface area contributed by atoms with Gasteiger partial charge >= 0.3 is 5.97 Å². The number of methoxy groups -OCH3 is 1. The van der Waals surface area contributed by atoms with E-state index < -0.39 is 15.8 Å². The van der Waals surface area contributed by atoms with Gasteiger partial charge in [0.2, 0.25) is 0 Å². The zero-order chi connectivity index (χ0) is 17.4. The lowest BCUT2D eigenvalue weighted by molar-refractivity contribution is 0.0599. The van der Waals surface area contributed by atoms with Crippen molar-refractivity contribution in [1.82, 2.24) is 9.55 Å². The largest absolute Gasteiger partial charge is 0.465 e. The van der Waals surface area contributed by atoms with Crippen LogP contribution in [0, 0.1) is 13.8 Å². The Hall–Kier alpha value is -2.15. The Morgan fingerprint density at radius 1 is 1.30 bits per heavy atom. The van der Waals surface area contributed by atoms with Crippen molar-refractivity contribution in [2.45, 2.75) is 32.1 Å². The molecule has 2 rings (SSSR count). The minimum Gasteiger partial charge on any atom is -0.465 e. The maximum absolute atomic E-state index is 12.2. The molecule has 0 N–H and O–H groups in total. The number of hydrogen-bond donors (Lipinski definition) is 0. The van der Waals surface area contributed by atoms with Crippen LogP contribution in [0.3, 0.4) is 0 Å². The van der Waals surface area contributed by atoms with Crippen molar-refractivity contribution >= 4 is 15.8 Å². The van der Waals surface area contributed by atoms with Crippen LogP contribution in [-0.2, 0) is 21.0 Å². The molecule has 2 aromatic rings. The van der Waals surface area contributed by atoms with Gasteiger partial charge < -0.3 is 9.30 Å². The Bertz CT molecular complexity index is 866. The SMILES string of the molecule is CCc1cc(-n2cc(C)nc2C)c(S(C)(=O)=O)cc1C(=O)OC. The highest BCUT2D eigenvalue weighted by atomic mass is 32.2. The number of aromatic nitrogens is 2. The summed E-state index contributed by atoms with van der Waals surface area (Å²) in [5, 5.41) is 0. The number of carbonyl (C=O) groups is 1. The lowest BCUT2D eigenvalue weighted by Crippen LogP contribution is -2.12. The van der Waals surface area contributed by atoms with Crippen molar-refractivity contribution in [2.75, 3.05) is 13.4 Å². The summed E-state index contributed by atoms with van der Waals surface area (Å²) in [5.74, 6) is 0.136. The van der Waals surface area contributed by atoms with Crippen LogP contribution in [0.2, 0.25) is 0 Å². The summed E-state index contributed by atoms with van der Waals surface area (Å²) in [6.07, 6.45) is 3.47. The monoisotopic (exact) mass is 336 g/mol. The fourth-order valence-corrected chi connectivity index (χ4v) is 3.42. The average molecular weight is 336 g/mol. The van der Waals surface area contributed by atoms with Crippen molar-refractivity contribution in [3.05, 3.63) is 41.0 Å². The van der Waals surface area contributed by atoms with E-state index in [0.29, 0.717) is 17.9 Å². The summed E-state index contributed by atoms with van der Waals surface area (Å²) in [6.45, 7) is 5.55. The Morgan fingerprint density at radius 3 is 2.39 bits per heavy atom. The van der Waals surface area contributed by atoms with Crippen molar-refractivity contribution in [2.24, 2.45) is 0 Å². The van der Waals surface area contributed by atoms with Gasteiger partial charge in [-0.05, 0) is 38.0 Å². The van der Waals surface area contributed by atoms with Crippen LogP contribution in [0.15, 0.2) is 23.2 Å². The summed E-state index contributed by atoms with van der Waals surface area (Å²) in [4.78, 5) is 16.4. The van der Waals surface area contributed by atoms with Crippen LogP contribution in [0.1, 0.15) is 34.4 Å². The zero-order valence-electron chi connectivity index (χ0n) is 13.9. The second-order valence-electron chi connectivity index (χ2n) is 5.39. The van der Waals surface area contributed by atoms with Gasteiger partial charge in [0.05, 0.1) is 29.0 Å². The first-order valence-electron chi connectivity index (χ1n) is 7.17. The first kappa shape index (κ1) is 17.2. The summed E-state index contributed by atoms with van der Waals surface area (Å²) in [5.41, 5.74) is 2.28. The number of nitrogens with zero attached hydrogens (tertiary/aromatic N) is 2. The lowest BCUT2D eigenvalue weighted by Gasteiger charge is -2.15. The third-order valence-electron chi connectivity index (χ3n) is 3.63. The number of benzene rings is 1. The van der Waals surface area contributed by atoms with E-state index in [1.807, 2.05) is 13.8 Å². The molecule has 0 bridgehead atoms. The Kier molecular flexibility index (Phi) is 4.61. The molecule has 1 heterocycles. The Balaban J connectivity index is 2.85. The van der Waals surface area contributed by atoms with Crippen molar-refractivity contribution < 1.29 is 17.9 Å². The molecule has 0 atom stereocenters. The molecule has 6 nitrogen and oxygen atoms in total. The van der Waals surface area contributed by atoms with E-state index in [4.69, 9.17) is 4.74 Å². The molecule has 0 spiro atoms. The number of rotatable bonds is 4. The first-order chi connectivity index (χ1) is 10.7. The van der Waals surface area contributed by atoms with Crippen LogP contribution >= 0.6 is 0 Å². The molecule has 0 saturated carbocycles. The van der Waals surface area contributed by atoms with Gasteiger partial charge in [-0.1, -0.05) is 6.92 Å². The van der Waals surface area contributed by atoms with Gasteiger partial charge in [0.25, 0.3) is 0 Å². The quantitative estimate of drug-likeness (QED) is 0.800. The van der Waals surface area contributed by atoms with Gasteiger partial charge in [0.1, 0.15) is 5.82 Å². The molecule has 0 amide bonds. The maximum Gasteiger partial charge on any atom is 0.338 e. The second kappa shape index (κ2) is 6.16. The van der Waals surface area contributed by atoms with Gasteiger partial charge in [-0.25, -0.2) is 18.2 Å². The highest BCUT2D eigenvalue weighted by molar-refractivity contribution is 7.90. The standard InChI is InChI=1S/C16H20N2O4S/c1-6-12-7-14(18-9-10(2)17-11(18)3)15(23(5,20)21)8-13(12)16(19)22-4/h7-9H,6H2,1-5H3. The molecular formula is C16H20N2O4S. The van der Waals surface area contributed by atoms with E-state index >= 15 is 0 Å². The first-order valence-corrected chi connectivity index (χ1v) is 9.06. The molecule has 0 fully saturated rings. The smallest absolute Gasteiger partial charge is 0.338 e. The van der Waals surface area contributed by atoms with E-state index in [1.54, 1.807) is 23.8 Å². The topological polar surface area (TPSA) is 78.3 Å². The molecular weight excluding hydrogens is 316 g/mol. The Labute approximate surface area is 136 Å². The molecule has 7 heteroatoms. The molecule has 23 heavy (non-hydrogen) atoms. The molecule has 0 saturated heterocycles. The summed E-state index contributed by atoms with van der Waals surface area (Å²) in [7, 11) is -2.26. The van der Waals surface area contributed by atoms with Crippen molar-refractivity contribution in [1.29, 1.82) is 0 Å². The maximum atomic E-state index is 12.2. The van der Waals surface area contributed by atoms with Crippen LogP contribution < -0.4 is 0 Å². The number of sulfone groups is 1. The van der Waals surface area contributed by atoms with Crippen LogP contribution in [0.25, 0.3) is 5.69 Å². The van der Waals surface area contributed by atoms with Crippen LogP contribution in [0.5, 0.6) is 0 Å². The van der Waals surface area contributed by atoms with E-state index in [1.165, 1.54) is 13.2 Å². The van der Waals surface area contributed by atoms with Crippen LogP contribution in [-0.4, -0.2) is 37.3 Å². The minimum atomic E-state index is -3.53. The number of imidazole rings is 1. The fourth-order valence-electron chi connectivity index (χ4n) is 2.55. The molecule has 0 radical (unpaired) electrons. The van der Waals surface area contributed by atoms with E-state index in [9.17, 15) is 13.2 Å². The van der Waals surface area contributed by atoms with Gasteiger partial charge in [-0.2, -0.15) is 0 Å². The zero-order valence-corrected chi connectivity index (χ0v) is 14.7. The highest BCUT2D eigenvalue weighted by Gasteiger charge is 2.22. The molecule has 0 unspecified atom stereocenters. The van der Waals surface area contributed by atoms with E-state index in [2.05, 4.69) is 4.98 Å². The molecule has 1 aromatic carbocycles. The molecule has 1 aromatic heterocycles. The predicted octanol–water partition coefficient (Wildman–Crippen LogP) is 2.24. The third-order valence-corrected chi connectivity index (χ3v) is 4.76. The number of ether oxygens (including phenoxy) is 1. The number of esters is 1. The highest BCUT2D eigenvalue weighted by Crippen LogP contribution is 2.27. The third kappa shape index (κ3) is 3.29. The van der Waals surface area contributed by atoms with Gasteiger partial charge in [0.15, 0.2) is 9.84 Å². The predicted molar refractivity (Wildman–Crippen MR) is 86.9 cm³/mol.